The van der Waals surface area contributed by atoms with Gasteiger partial charge in [0, 0.05) is 36.5 Å². The van der Waals surface area contributed by atoms with E-state index in [1.54, 1.807) is 6.92 Å². The molecule has 0 unspecified atom stereocenters. The van der Waals surface area contributed by atoms with Crippen molar-refractivity contribution in [3.63, 3.8) is 0 Å². The second-order valence-corrected chi connectivity index (χ2v) is 8.47. The Bertz CT molecular complexity index is 838. The lowest BCUT2D eigenvalue weighted by atomic mass is 9.92. The van der Waals surface area contributed by atoms with Gasteiger partial charge in [0.2, 0.25) is 5.91 Å². The molecule has 0 aliphatic carbocycles. The van der Waals surface area contributed by atoms with Gasteiger partial charge < -0.3 is 19.7 Å². The molecule has 1 aromatic rings. The molecule has 7 nitrogen and oxygen atoms in total. The van der Waals surface area contributed by atoms with Gasteiger partial charge in [-0.1, -0.05) is 35.5 Å². The van der Waals surface area contributed by atoms with E-state index in [0.717, 1.165) is 40.6 Å². The second kappa shape index (κ2) is 11.4. The van der Waals surface area contributed by atoms with E-state index in [1.165, 1.54) is 14.2 Å². The number of allylic oxidation sites excluding steroid dienone is 1. The first-order chi connectivity index (χ1) is 14.4. The van der Waals surface area contributed by atoms with Crippen molar-refractivity contribution in [2.45, 2.75) is 58.2 Å². The molecule has 1 N–H and O–H groups in total. The second-order valence-electron chi connectivity index (χ2n) is 7.56. The summed E-state index contributed by atoms with van der Waals surface area (Å²) in [5.74, 6) is -0.167. The highest BCUT2D eigenvalue weighted by Crippen LogP contribution is 2.30. The first-order valence-corrected chi connectivity index (χ1v) is 10.9. The maximum absolute atomic E-state index is 13.4. The lowest BCUT2D eigenvalue weighted by Crippen LogP contribution is -2.58. The predicted molar refractivity (Wildman–Crippen MR) is 126 cm³/mol. The predicted octanol–water partition coefficient (Wildman–Crippen LogP) is 4.41. The van der Waals surface area contributed by atoms with Crippen molar-refractivity contribution >= 4 is 39.2 Å². The van der Waals surface area contributed by atoms with Crippen LogP contribution in [0.2, 0.25) is 0 Å². The van der Waals surface area contributed by atoms with E-state index in [0.29, 0.717) is 13.0 Å². The zero-order valence-corrected chi connectivity index (χ0v) is 19.1. The number of nitrogens with one attached hydrogen (secondary N) is 1. The molecule has 2 aliphatic rings. The summed E-state index contributed by atoms with van der Waals surface area (Å²) in [7, 11) is 2.80. The third kappa shape index (κ3) is 5.95. The summed E-state index contributed by atoms with van der Waals surface area (Å²) in [5.41, 5.74) is 3.26. The Morgan fingerprint density at radius 2 is 1.94 bits per heavy atom. The summed E-state index contributed by atoms with van der Waals surface area (Å²) >= 11 is 3.46. The number of nitrogens with zero attached hydrogens (tertiary/aromatic N) is 2. The van der Waals surface area contributed by atoms with Crippen molar-refractivity contribution in [3.05, 3.63) is 40.5 Å². The lowest BCUT2D eigenvalue weighted by molar-refractivity contribution is -0.138. The van der Waals surface area contributed by atoms with E-state index in [4.69, 9.17) is 9.47 Å². The topological polar surface area (TPSA) is 80.2 Å². The van der Waals surface area contributed by atoms with Gasteiger partial charge in [0.25, 0.3) is 0 Å². The van der Waals surface area contributed by atoms with Crippen molar-refractivity contribution in [1.82, 2.24) is 10.2 Å². The SMILES string of the molecule is C.COC(=O)N[C@H](C(=O)N1CCCC[C@H]1C1=NC=C(c2ccc(Br)cc2)C1)[C@@H](C)OC. The largest absolute Gasteiger partial charge is 0.453 e. The van der Waals surface area contributed by atoms with Crippen LogP contribution in [0.1, 0.15) is 45.6 Å². The van der Waals surface area contributed by atoms with Crippen molar-refractivity contribution < 1.29 is 19.1 Å². The third-order valence-corrected chi connectivity index (χ3v) is 6.24. The number of carbonyl (C=O) groups is 2. The van der Waals surface area contributed by atoms with Crippen LogP contribution in [0.5, 0.6) is 0 Å². The number of halogens is 1. The smallest absolute Gasteiger partial charge is 0.407 e. The molecule has 0 radical (unpaired) electrons. The number of benzene rings is 1. The fraction of sp³-hybridized carbons (Fsp3) is 0.522. The Hall–Kier alpha value is -2.19. The average molecular weight is 494 g/mol. The minimum Gasteiger partial charge on any atom is -0.453 e. The standard InChI is InChI=1S/C22H28BrN3O4.CH4/c1-14(29-2)20(25-22(28)30-3)21(27)26-11-5-4-6-19(26)18-12-16(13-24-18)15-7-9-17(23)10-8-15;/h7-10,13-14,19-20H,4-6,11-12H2,1-3H3,(H,25,28);1H4/t14-,19+,20+;/m1./s1. The van der Waals surface area contributed by atoms with Crippen LogP contribution >= 0.6 is 15.9 Å². The summed E-state index contributed by atoms with van der Waals surface area (Å²) in [6.07, 6.45) is 4.30. The quantitative estimate of drug-likeness (QED) is 0.636. The van der Waals surface area contributed by atoms with Crippen LogP contribution in [0.15, 0.2) is 39.9 Å². The molecule has 3 atom stereocenters. The first-order valence-electron chi connectivity index (χ1n) is 10.1. The molecule has 0 saturated carbocycles. The van der Waals surface area contributed by atoms with E-state index >= 15 is 0 Å². The van der Waals surface area contributed by atoms with E-state index < -0.39 is 18.2 Å². The molecule has 170 valence electrons. The Morgan fingerprint density at radius 1 is 1.23 bits per heavy atom. The van der Waals surface area contributed by atoms with Crippen LogP contribution in [-0.2, 0) is 14.3 Å². The zero-order valence-electron chi connectivity index (χ0n) is 17.6. The van der Waals surface area contributed by atoms with Gasteiger partial charge in [-0.2, -0.15) is 0 Å². The van der Waals surface area contributed by atoms with Gasteiger partial charge in [-0.05, 0) is 49.5 Å². The highest BCUT2D eigenvalue weighted by molar-refractivity contribution is 9.10. The average Bonchev–Trinajstić information content (AvgIpc) is 3.27. The number of alkyl carbamates (subject to hydrolysis) is 1. The zero-order chi connectivity index (χ0) is 21.7. The fourth-order valence-electron chi connectivity index (χ4n) is 3.91. The van der Waals surface area contributed by atoms with Crippen molar-refractivity contribution in [3.8, 4) is 0 Å². The lowest BCUT2D eigenvalue weighted by Gasteiger charge is -2.39. The van der Waals surface area contributed by atoms with Gasteiger partial charge in [0.15, 0.2) is 0 Å². The normalized spacial score (nSPS) is 20.1. The van der Waals surface area contributed by atoms with Crippen molar-refractivity contribution in [2.24, 2.45) is 4.99 Å². The molecule has 0 spiro atoms. The number of hydrogen-bond donors (Lipinski definition) is 1. The number of ether oxygens (including phenoxy) is 2. The Balaban J connectivity index is 0.00000341. The number of amides is 2. The molecule has 1 saturated heterocycles. The molecule has 1 aromatic carbocycles. The third-order valence-electron chi connectivity index (χ3n) is 5.71. The number of likely N-dealkylation sites (tertiary alicyclic amines) is 1. The van der Waals surface area contributed by atoms with Crippen LogP contribution < -0.4 is 5.32 Å². The maximum atomic E-state index is 13.4. The molecular weight excluding hydrogens is 462 g/mol. The van der Waals surface area contributed by atoms with Crippen LogP contribution in [-0.4, -0.2) is 61.6 Å². The summed E-state index contributed by atoms with van der Waals surface area (Å²) < 4.78 is 11.1. The van der Waals surface area contributed by atoms with E-state index in [9.17, 15) is 9.59 Å². The monoisotopic (exact) mass is 493 g/mol. The molecule has 2 amide bonds. The Kier molecular flexibility index (Phi) is 9.25. The summed E-state index contributed by atoms with van der Waals surface area (Å²) in [6, 6.07) is 7.26. The molecule has 8 heteroatoms. The Labute approximate surface area is 193 Å². The van der Waals surface area contributed by atoms with Crippen molar-refractivity contribution in [2.75, 3.05) is 20.8 Å². The van der Waals surface area contributed by atoms with Gasteiger partial charge in [0.05, 0.1) is 19.3 Å². The van der Waals surface area contributed by atoms with Crippen LogP contribution in [0.4, 0.5) is 4.79 Å². The summed E-state index contributed by atoms with van der Waals surface area (Å²) in [4.78, 5) is 31.7. The number of rotatable bonds is 6. The molecule has 3 rings (SSSR count). The highest BCUT2D eigenvalue weighted by atomic mass is 79.9. The highest BCUT2D eigenvalue weighted by Gasteiger charge is 2.38. The fourth-order valence-corrected chi connectivity index (χ4v) is 4.18. The van der Waals surface area contributed by atoms with Gasteiger partial charge >= 0.3 is 6.09 Å². The number of hydrogen-bond acceptors (Lipinski definition) is 5. The van der Waals surface area contributed by atoms with Crippen LogP contribution in [0, 0.1) is 0 Å². The number of methoxy groups -OCH3 is 2. The maximum Gasteiger partial charge on any atom is 0.407 e. The molecule has 0 aromatic heterocycles. The van der Waals surface area contributed by atoms with E-state index in [1.807, 2.05) is 23.2 Å². The number of aliphatic imine (C=N–C) groups is 1. The first kappa shape index (κ1) is 25.1. The number of piperidine rings is 1. The van der Waals surface area contributed by atoms with E-state index in [2.05, 4.69) is 38.4 Å². The summed E-state index contributed by atoms with van der Waals surface area (Å²) in [5, 5.41) is 2.63. The van der Waals surface area contributed by atoms with Crippen LogP contribution in [0.3, 0.4) is 0 Å². The molecule has 0 bridgehead atoms. The van der Waals surface area contributed by atoms with Crippen LogP contribution in [0.25, 0.3) is 5.57 Å². The molecule has 2 heterocycles. The summed E-state index contributed by atoms with van der Waals surface area (Å²) in [6.45, 7) is 2.39. The van der Waals surface area contributed by atoms with Crippen molar-refractivity contribution in [1.29, 1.82) is 0 Å². The van der Waals surface area contributed by atoms with Gasteiger partial charge in [0.1, 0.15) is 6.04 Å². The van der Waals surface area contributed by atoms with Gasteiger partial charge in [-0.25, -0.2) is 4.79 Å². The Morgan fingerprint density at radius 3 is 2.58 bits per heavy atom. The van der Waals surface area contributed by atoms with E-state index in [-0.39, 0.29) is 19.4 Å². The molecule has 1 fully saturated rings. The molecule has 2 aliphatic heterocycles. The molecular formula is C23H32BrN3O4. The minimum absolute atomic E-state index is 0. The van der Waals surface area contributed by atoms with Gasteiger partial charge in [-0.15, -0.1) is 0 Å². The minimum atomic E-state index is -0.816. The number of carbonyl (C=O) groups excluding carboxylic acids is 2. The molecule has 31 heavy (non-hydrogen) atoms. The van der Waals surface area contributed by atoms with Gasteiger partial charge in [-0.3, -0.25) is 9.79 Å².